The molecule has 0 radical (unpaired) electrons. The van der Waals surface area contributed by atoms with Crippen LogP contribution in [-0.2, 0) is 13.3 Å². The van der Waals surface area contributed by atoms with Gasteiger partial charge in [0.1, 0.15) is 0 Å². The molecule has 0 bridgehead atoms. The molecule has 5 heteroatoms. The maximum Gasteiger partial charge on any atom is 0.502 e. The van der Waals surface area contributed by atoms with Crippen LogP contribution in [0.4, 0.5) is 0 Å². The number of hydrogen-bond donors (Lipinski definition) is 0. The van der Waals surface area contributed by atoms with Crippen LogP contribution < -0.4 is 0 Å². The second kappa shape index (κ2) is 9.92. The molecule has 0 saturated carbocycles. The lowest BCUT2D eigenvalue weighted by Crippen LogP contribution is -2.51. The van der Waals surface area contributed by atoms with Crippen LogP contribution in [0.3, 0.4) is 0 Å². The van der Waals surface area contributed by atoms with E-state index in [-0.39, 0.29) is 0 Å². The Morgan fingerprint density at radius 2 is 1.22 bits per heavy atom. The van der Waals surface area contributed by atoms with E-state index < -0.39 is 8.80 Å². The fourth-order valence-corrected chi connectivity index (χ4v) is 5.20. The van der Waals surface area contributed by atoms with Crippen LogP contribution in [0.15, 0.2) is 0 Å². The van der Waals surface area contributed by atoms with Gasteiger partial charge < -0.3 is 18.2 Å². The summed E-state index contributed by atoms with van der Waals surface area (Å²) in [6, 6.07) is 1.29. The van der Waals surface area contributed by atoms with E-state index in [1.165, 1.54) is 0 Å². The van der Waals surface area contributed by atoms with Gasteiger partial charge in [-0.2, -0.15) is 0 Å². The van der Waals surface area contributed by atoms with Crippen LogP contribution in [0, 0.1) is 0 Å². The zero-order chi connectivity index (χ0) is 14.0. The molecule has 1 atom stereocenters. The van der Waals surface area contributed by atoms with E-state index in [0.717, 1.165) is 19.1 Å². The number of nitrogens with zero attached hydrogens (tertiary/aromatic N) is 1. The molecule has 0 spiro atoms. The molecule has 0 rings (SSSR count). The molecule has 0 amide bonds. The van der Waals surface area contributed by atoms with Gasteiger partial charge in [-0.25, -0.2) is 0 Å². The molecule has 4 nitrogen and oxygen atoms in total. The standard InChI is InChI=1S/C13H31NO3Si/c1-7-14(8-2)13(6)12-18(15-9-3,16-10-4)17-11-5/h13H,7-12H2,1-6H3. The summed E-state index contributed by atoms with van der Waals surface area (Å²) < 4.78 is 17.7. The van der Waals surface area contributed by atoms with Gasteiger partial charge >= 0.3 is 8.80 Å². The number of rotatable bonds is 11. The monoisotopic (exact) mass is 277 g/mol. The zero-order valence-electron chi connectivity index (χ0n) is 13.0. The van der Waals surface area contributed by atoms with Crippen molar-refractivity contribution in [3.63, 3.8) is 0 Å². The van der Waals surface area contributed by atoms with Gasteiger partial charge in [-0.05, 0) is 40.8 Å². The highest BCUT2D eigenvalue weighted by atomic mass is 28.4. The van der Waals surface area contributed by atoms with E-state index in [0.29, 0.717) is 25.9 Å². The first kappa shape index (κ1) is 18.1. The molecule has 110 valence electrons. The molecule has 0 aromatic heterocycles. The minimum atomic E-state index is -2.50. The third-order valence-corrected chi connectivity index (χ3v) is 6.35. The molecule has 0 fully saturated rings. The van der Waals surface area contributed by atoms with Crippen molar-refractivity contribution < 1.29 is 13.3 Å². The summed E-state index contributed by atoms with van der Waals surface area (Å²) in [5.41, 5.74) is 0. The van der Waals surface area contributed by atoms with Crippen molar-refractivity contribution in [1.29, 1.82) is 0 Å². The summed E-state index contributed by atoms with van der Waals surface area (Å²) in [7, 11) is -2.50. The normalized spacial score (nSPS) is 14.2. The average Bonchev–Trinajstić information content (AvgIpc) is 2.31. The molecule has 0 aliphatic heterocycles. The van der Waals surface area contributed by atoms with E-state index in [9.17, 15) is 0 Å². The van der Waals surface area contributed by atoms with Gasteiger partial charge in [0.05, 0.1) is 0 Å². The Bertz CT molecular complexity index is 184. The first-order valence-corrected chi connectivity index (χ1v) is 9.18. The second-order valence-electron chi connectivity index (χ2n) is 4.26. The molecule has 0 heterocycles. The quantitative estimate of drug-likeness (QED) is 0.543. The lowest BCUT2D eigenvalue weighted by Gasteiger charge is -2.34. The summed E-state index contributed by atoms with van der Waals surface area (Å²) in [5, 5.41) is 0. The third kappa shape index (κ3) is 5.80. The Kier molecular flexibility index (Phi) is 9.95. The molecule has 0 aliphatic carbocycles. The van der Waals surface area contributed by atoms with Crippen molar-refractivity contribution in [2.75, 3.05) is 32.9 Å². The lowest BCUT2D eigenvalue weighted by molar-refractivity contribution is 0.0631. The molecule has 0 N–H and O–H groups in total. The Hall–Kier alpha value is 0.0569. The first-order valence-electron chi connectivity index (χ1n) is 7.24. The van der Waals surface area contributed by atoms with Gasteiger partial charge in [0, 0.05) is 31.9 Å². The van der Waals surface area contributed by atoms with Crippen LogP contribution >= 0.6 is 0 Å². The van der Waals surface area contributed by atoms with Gasteiger partial charge in [-0.3, -0.25) is 0 Å². The highest BCUT2D eigenvalue weighted by Gasteiger charge is 2.42. The molecule has 1 unspecified atom stereocenters. The van der Waals surface area contributed by atoms with Crippen LogP contribution in [0.5, 0.6) is 0 Å². The predicted octanol–water partition coefficient (Wildman–Crippen LogP) is 2.77. The summed E-state index contributed by atoms with van der Waals surface area (Å²) in [5.74, 6) is 0. The van der Waals surface area contributed by atoms with E-state index in [1.807, 2.05) is 20.8 Å². The molecule has 18 heavy (non-hydrogen) atoms. The topological polar surface area (TPSA) is 30.9 Å². The lowest BCUT2D eigenvalue weighted by atomic mass is 10.3. The summed E-state index contributed by atoms with van der Waals surface area (Å²) in [6.45, 7) is 16.7. The van der Waals surface area contributed by atoms with Gasteiger partial charge in [-0.15, -0.1) is 0 Å². The van der Waals surface area contributed by atoms with Crippen LogP contribution in [-0.4, -0.2) is 52.7 Å². The zero-order valence-corrected chi connectivity index (χ0v) is 14.0. The maximum atomic E-state index is 5.89. The van der Waals surface area contributed by atoms with Crippen molar-refractivity contribution >= 4 is 8.80 Å². The largest absolute Gasteiger partial charge is 0.502 e. The van der Waals surface area contributed by atoms with E-state index in [2.05, 4.69) is 25.7 Å². The Balaban J connectivity index is 4.72. The second-order valence-corrected chi connectivity index (χ2v) is 6.90. The van der Waals surface area contributed by atoms with E-state index >= 15 is 0 Å². The van der Waals surface area contributed by atoms with Gasteiger partial charge in [0.25, 0.3) is 0 Å². The fraction of sp³-hybridized carbons (Fsp3) is 1.00. The number of hydrogen-bond acceptors (Lipinski definition) is 4. The van der Waals surface area contributed by atoms with Gasteiger partial charge in [-0.1, -0.05) is 13.8 Å². The highest BCUT2D eigenvalue weighted by molar-refractivity contribution is 6.60. The molecular weight excluding hydrogens is 246 g/mol. The van der Waals surface area contributed by atoms with Crippen molar-refractivity contribution in [2.45, 2.75) is 53.6 Å². The smallest absolute Gasteiger partial charge is 0.374 e. The summed E-state index contributed by atoms with van der Waals surface area (Å²) in [6.07, 6.45) is 0. The SMILES string of the molecule is CCO[Si](CC(C)N(CC)CC)(OCC)OCC. The van der Waals surface area contributed by atoms with Crippen molar-refractivity contribution in [3.8, 4) is 0 Å². The Morgan fingerprint density at radius 1 is 0.833 bits per heavy atom. The van der Waals surface area contributed by atoms with Crippen molar-refractivity contribution in [1.82, 2.24) is 4.90 Å². The molecule has 0 aromatic carbocycles. The average molecular weight is 277 g/mol. The van der Waals surface area contributed by atoms with Crippen LogP contribution in [0.1, 0.15) is 41.5 Å². The molecular formula is C13H31NO3Si. The minimum Gasteiger partial charge on any atom is -0.374 e. The van der Waals surface area contributed by atoms with Gasteiger partial charge in [0.15, 0.2) is 0 Å². The molecule has 0 aliphatic rings. The van der Waals surface area contributed by atoms with Crippen molar-refractivity contribution in [3.05, 3.63) is 0 Å². The highest BCUT2D eigenvalue weighted by Crippen LogP contribution is 2.21. The van der Waals surface area contributed by atoms with E-state index in [4.69, 9.17) is 13.3 Å². The fourth-order valence-electron chi connectivity index (χ4n) is 2.30. The maximum absolute atomic E-state index is 5.89. The Morgan fingerprint density at radius 3 is 1.50 bits per heavy atom. The van der Waals surface area contributed by atoms with Crippen LogP contribution in [0.25, 0.3) is 0 Å². The van der Waals surface area contributed by atoms with Gasteiger partial charge in [0.2, 0.25) is 0 Å². The van der Waals surface area contributed by atoms with Crippen molar-refractivity contribution in [2.24, 2.45) is 0 Å². The molecule has 0 aromatic rings. The molecule has 0 saturated heterocycles. The third-order valence-electron chi connectivity index (χ3n) is 3.07. The first-order chi connectivity index (χ1) is 8.59. The minimum absolute atomic E-state index is 0.427. The van der Waals surface area contributed by atoms with Crippen LogP contribution in [0.2, 0.25) is 6.04 Å². The Labute approximate surface area is 114 Å². The predicted molar refractivity (Wildman–Crippen MR) is 77.8 cm³/mol. The van der Waals surface area contributed by atoms with E-state index in [1.54, 1.807) is 0 Å². The summed E-state index contributed by atoms with van der Waals surface area (Å²) >= 11 is 0. The summed E-state index contributed by atoms with van der Waals surface area (Å²) in [4.78, 5) is 2.42.